The fourth-order valence-corrected chi connectivity index (χ4v) is 1.44. The molecule has 0 radical (unpaired) electrons. The highest BCUT2D eigenvalue weighted by atomic mass is 35.5. The fourth-order valence-electron chi connectivity index (χ4n) is 1.24. The highest BCUT2D eigenvalue weighted by Crippen LogP contribution is 2.28. The molecule has 0 N–H and O–H groups in total. The van der Waals surface area contributed by atoms with Gasteiger partial charge in [0.2, 0.25) is 0 Å². The van der Waals surface area contributed by atoms with Crippen LogP contribution >= 0.6 is 11.6 Å². The molecule has 100 valence electrons. The van der Waals surface area contributed by atoms with E-state index in [0.29, 0.717) is 16.5 Å². The molecule has 0 fully saturated rings. The van der Waals surface area contributed by atoms with Crippen LogP contribution in [0.4, 0.5) is 0 Å². The number of halogens is 1. The third-order valence-corrected chi connectivity index (χ3v) is 2.21. The first-order valence-electron chi connectivity index (χ1n) is 5.50. The van der Waals surface area contributed by atoms with Crippen LogP contribution in [0, 0.1) is 0 Å². The van der Waals surface area contributed by atoms with Gasteiger partial charge in [-0.3, -0.25) is 0 Å². The minimum Gasteiger partial charge on any atom is -0.495 e. The van der Waals surface area contributed by atoms with Gasteiger partial charge in [0.05, 0.1) is 12.1 Å². The Morgan fingerprint density at radius 1 is 1.33 bits per heavy atom. The second-order valence-corrected chi connectivity index (χ2v) is 5.08. The maximum atomic E-state index is 11.4. The summed E-state index contributed by atoms with van der Waals surface area (Å²) in [4.78, 5) is 11.4. The molecule has 1 rings (SSSR count). The minimum atomic E-state index is -0.516. The zero-order chi connectivity index (χ0) is 13.8. The molecule has 0 saturated carbocycles. The molecule has 0 aliphatic carbocycles. The molecule has 1 aromatic carbocycles. The smallest absolute Gasteiger partial charge is 0.344 e. The van der Waals surface area contributed by atoms with E-state index in [4.69, 9.17) is 25.8 Å². The standard InChI is InChI=1S/C13H17ClO4/c1-13(2,3)18-12(15)8-17-9-5-6-10(14)11(7-9)16-4/h5-7H,8H2,1-4H3. The number of esters is 1. The number of carbonyl (C=O) groups is 1. The van der Waals surface area contributed by atoms with Crippen molar-refractivity contribution in [3.8, 4) is 11.5 Å². The molecule has 0 unspecified atom stereocenters. The summed E-state index contributed by atoms with van der Waals surface area (Å²) in [5, 5.41) is 0.488. The first-order valence-corrected chi connectivity index (χ1v) is 5.88. The van der Waals surface area contributed by atoms with Gasteiger partial charge in [-0.15, -0.1) is 0 Å². The third kappa shape index (κ3) is 4.84. The predicted molar refractivity (Wildman–Crippen MR) is 69.3 cm³/mol. The summed E-state index contributed by atoms with van der Waals surface area (Å²) >= 11 is 5.87. The van der Waals surface area contributed by atoms with Crippen molar-refractivity contribution < 1.29 is 19.0 Å². The van der Waals surface area contributed by atoms with Crippen molar-refractivity contribution in [2.45, 2.75) is 26.4 Å². The zero-order valence-electron chi connectivity index (χ0n) is 11.0. The molecule has 0 heterocycles. The van der Waals surface area contributed by atoms with Gasteiger partial charge in [-0.25, -0.2) is 4.79 Å². The normalized spacial score (nSPS) is 10.9. The Bertz CT molecular complexity index is 423. The van der Waals surface area contributed by atoms with Crippen molar-refractivity contribution in [2.24, 2.45) is 0 Å². The Morgan fingerprint density at radius 2 is 2.00 bits per heavy atom. The van der Waals surface area contributed by atoms with E-state index in [0.717, 1.165) is 0 Å². The Balaban J connectivity index is 2.56. The number of hydrogen-bond acceptors (Lipinski definition) is 4. The monoisotopic (exact) mass is 272 g/mol. The van der Waals surface area contributed by atoms with Gasteiger partial charge in [0.15, 0.2) is 6.61 Å². The van der Waals surface area contributed by atoms with Crippen molar-refractivity contribution in [1.82, 2.24) is 0 Å². The molecule has 0 bridgehead atoms. The molecule has 0 spiro atoms. The predicted octanol–water partition coefficient (Wildman–Crippen LogP) is 3.07. The van der Waals surface area contributed by atoms with Crippen LogP contribution in [0.2, 0.25) is 5.02 Å². The van der Waals surface area contributed by atoms with E-state index in [1.807, 2.05) is 0 Å². The number of rotatable bonds is 4. The van der Waals surface area contributed by atoms with E-state index in [1.165, 1.54) is 7.11 Å². The summed E-state index contributed by atoms with van der Waals surface area (Å²) in [5.41, 5.74) is -0.516. The minimum absolute atomic E-state index is 0.151. The number of hydrogen-bond donors (Lipinski definition) is 0. The molecular weight excluding hydrogens is 256 g/mol. The first-order chi connectivity index (χ1) is 8.31. The van der Waals surface area contributed by atoms with E-state index >= 15 is 0 Å². The Labute approximate surface area is 112 Å². The van der Waals surface area contributed by atoms with Gasteiger partial charge < -0.3 is 14.2 Å². The molecule has 0 aromatic heterocycles. The second-order valence-electron chi connectivity index (χ2n) is 4.67. The Kier molecular flexibility index (Phi) is 4.84. The van der Waals surface area contributed by atoms with Gasteiger partial charge in [-0.2, -0.15) is 0 Å². The number of benzene rings is 1. The maximum Gasteiger partial charge on any atom is 0.344 e. The van der Waals surface area contributed by atoms with Crippen LogP contribution in [0.15, 0.2) is 18.2 Å². The molecule has 5 heteroatoms. The topological polar surface area (TPSA) is 44.8 Å². The van der Waals surface area contributed by atoms with Crippen LogP contribution in [0.1, 0.15) is 20.8 Å². The Hall–Kier alpha value is -1.42. The molecule has 1 aromatic rings. The summed E-state index contributed by atoms with van der Waals surface area (Å²) in [6.45, 7) is 5.25. The zero-order valence-corrected chi connectivity index (χ0v) is 11.7. The van der Waals surface area contributed by atoms with E-state index in [2.05, 4.69) is 0 Å². The molecule has 0 amide bonds. The first kappa shape index (κ1) is 14.6. The van der Waals surface area contributed by atoms with Crippen molar-refractivity contribution >= 4 is 17.6 Å². The second kappa shape index (κ2) is 5.96. The molecule has 4 nitrogen and oxygen atoms in total. The van der Waals surface area contributed by atoms with Crippen molar-refractivity contribution in [2.75, 3.05) is 13.7 Å². The van der Waals surface area contributed by atoms with Crippen LogP contribution < -0.4 is 9.47 Å². The van der Waals surface area contributed by atoms with Crippen molar-refractivity contribution in [3.05, 3.63) is 23.2 Å². The lowest BCUT2D eigenvalue weighted by atomic mass is 10.2. The number of ether oxygens (including phenoxy) is 3. The SMILES string of the molecule is COc1cc(OCC(=O)OC(C)(C)C)ccc1Cl. The van der Waals surface area contributed by atoms with Crippen LogP contribution in [0.5, 0.6) is 11.5 Å². The lowest BCUT2D eigenvalue weighted by Crippen LogP contribution is -2.27. The van der Waals surface area contributed by atoms with Gasteiger partial charge in [0.25, 0.3) is 0 Å². The van der Waals surface area contributed by atoms with Gasteiger partial charge in [-0.05, 0) is 32.9 Å². The molecule has 18 heavy (non-hydrogen) atoms. The summed E-state index contributed by atoms with van der Waals surface area (Å²) in [5.74, 6) is 0.580. The van der Waals surface area contributed by atoms with Gasteiger partial charge in [0, 0.05) is 6.07 Å². The molecule has 0 aliphatic rings. The van der Waals surface area contributed by atoms with E-state index in [9.17, 15) is 4.79 Å². The van der Waals surface area contributed by atoms with Crippen LogP contribution in [-0.2, 0) is 9.53 Å². The maximum absolute atomic E-state index is 11.4. The summed E-state index contributed by atoms with van der Waals surface area (Å²) in [7, 11) is 1.51. The highest BCUT2D eigenvalue weighted by molar-refractivity contribution is 6.32. The van der Waals surface area contributed by atoms with E-state index in [-0.39, 0.29) is 6.61 Å². The molecular formula is C13H17ClO4. The van der Waals surface area contributed by atoms with E-state index in [1.54, 1.807) is 39.0 Å². The highest BCUT2D eigenvalue weighted by Gasteiger charge is 2.16. The van der Waals surface area contributed by atoms with Crippen LogP contribution in [-0.4, -0.2) is 25.3 Å². The quantitative estimate of drug-likeness (QED) is 0.790. The summed E-state index contributed by atoms with van der Waals surface area (Å²) < 4.78 is 15.5. The van der Waals surface area contributed by atoms with Crippen molar-refractivity contribution in [1.29, 1.82) is 0 Å². The summed E-state index contributed by atoms with van der Waals surface area (Å²) in [6.07, 6.45) is 0. The lowest BCUT2D eigenvalue weighted by molar-refractivity contribution is -0.157. The average Bonchev–Trinajstić information content (AvgIpc) is 2.25. The largest absolute Gasteiger partial charge is 0.495 e. The van der Waals surface area contributed by atoms with Crippen LogP contribution in [0.3, 0.4) is 0 Å². The molecule has 0 saturated heterocycles. The molecule has 0 atom stereocenters. The van der Waals surface area contributed by atoms with Crippen molar-refractivity contribution in [3.63, 3.8) is 0 Å². The molecule has 0 aliphatic heterocycles. The van der Waals surface area contributed by atoms with Gasteiger partial charge in [0.1, 0.15) is 17.1 Å². The Morgan fingerprint density at radius 3 is 2.56 bits per heavy atom. The third-order valence-electron chi connectivity index (χ3n) is 1.90. The van der Waals surface area contributed by atoms with Gasteiger partial charge in [-0.1, -0.05) is 11.6 Å². The number of methoxy groups -OCH3 is 1. The average molecular weight is 273 g/mol. The van der Waals surface area contributed by atoms with Gasteiger partial charge >= 0.3 is 5.97 Å². The van der Waals surface area contributed by atoms with E-state index < -0.39 is 11.6 Å². The fraction of sp³-hybridized carbons (Fsp3) is 0.462. The lowest BCUT2D eigenvalue weighted by Gasteiger charge is -2.19. The number of carbonyl (C=O) groups excluding carboxylic acids is 1. The van der Waals surface area contributed by atoms with Crippen LogP contribution in [0.25, 0.3) is 0 Å². The summed E-state index contributed by atoms with van der Waals surface area (Å²) in [6, 6.07) is 4.92.